The second-order valence-electron chi connectivity index (χ2n) is 5.96. The van der Waals surface area contributed by atoms with E-state index in [2.05, 4.69) is 18.6 Å². The van der Waals surface area contributed by atoms with Crippen LogP contribution in [0.4, 0.5) is 5.69 Å². The van der Waals surface area contributed by atoms with E-state index in [0.29, 0.717) is 11.4 Å². The van der Waals surface area contributed by atoms with Gasteiger partial charge in [-0.15, -0.1) is 0 Å². The lowest BCUT2D eigenvalue weighted by atomic mass is 9.88. The van der Waals surface area contributed by atoms with Gasteiger partial charge in [-0.2, -0.15) is 0 Å². The molecule has 1 saturated carbocycles. The van der Waals surface area contributed by atoms with Crippen LogP contribution in [0.1, 0.15) is 33.1 Å². The fraction of sp³-hybridized carbons (Fsp3) is 0.571. The van der Waals surface area contributed by atoms with Crippen LogP contribution in [-0.4, -0.2) is 21.6 Å². The van der Waals surface area contributed by atoms with E-state index in [1.165, 1.54) is 13.2 Å². The van der Waals surface area contributed by atoms with Gasteiger partial charge in [0, 0.05) is 11.7 Å². The molecule has 1 aliphatic carbocycles. The first-order valence-electron chi connectivity index (χ1n) is 6.72. The van der Waals surface area contributed by atoms with Gasteiger partial charge in [0.15, 0.2) is 0 Å². The van der Waals surface area contributed by atoms with E-state index >= 15 is 0 Å². The predicted octanol–water partition coefficient (Wildman–Crippen LogP) is 2.13. The van der Waals surface area contributed by atoms with E-state index in [4.69, 9.17) is 10.5 Å². The molecule has 0 bridgehead atoms. The molecular formula is C14H22N2O3S. The van der Waals surface area contributed by atoms with Crippen LogP contribution < -0.4 is 15.2 Å². The third-order valence-corrected chi connectivity index (χ3v) is 5.52. The molecule has 0 saturated heterocycles. The Morgan fingerprint density at radius 3 is 2.65 bits per heavy atom. The van der Waals surface area contributed by atoms with Crippen molar-refractivity contribution < 1.29 is 13.2 Å². The van der Waals surface area contributed by atoms with Gasteiger partial charge in [-0.1, -0.05) is 20.3 Å². The standard InChI is InChI=1S/C14H22N2O3S/c1-14(2)8-4-5-13(14)16-20(17,18)12-9-10(15)6-7-11(12)19-3/h6-7,9,13,16H,4-5,8,15H2,1-3H3. The highest BCUT2D eigenvalue weighted by molar-refractivity contribution is 7.89. The Balaban J connectivity index is 2.34. The van der Waals surface area contributed by atoms with E-state index in [-0.39, 0.29) is 16.4 Å². The number of rotatable bonds is 4. The Kier molecular flexibility index (Phi) is 3.97. The summed E-state index contributed by atoms with van der Waals surface area (Å²) in [5.74, 6) is 0.308. The first-order chi connectivity index (χ1) is 9.26. The summed E-state index contributed by atoms with van der Waals surface area (Å²) >= 11 is 0. The molecule has 0 aromatic heterocycles. The fourth-order valence-electron chi connectivity index (χ4n) is 2.70. The summed E-state index contributed by atoms with van der Waals surface area (Å²) in [5, 5.41) is 0. The number of sulfonamides is 1. The Morgan fingerprint density at radius 1 is 1.40 bits per heavy atom. The number of nitrogens with two attached hydrogens (primary N) is 1. The van der Waals surface area contributed by atoms with Gasteiger partial charge in [0.25, 0.3) is 0 Å². The second kappa shape index (κ2) is 5.26. The van der Waals surface area contributed by atoms with Crippen molar-refractivity contribution in [2.45, 2.75) is 44.0 Å². The number of nitrogen functional groups attached to an aromatic ring is 1. The van der Waals surface area contributed by atoms with E-state index in [0.717, 1.165) is 19.3 Å². The van der Waals surface area contributed by atoms with Crippen LogP contribution >= 0.6 is 0 Å². The van der Waals surface area contributed by atoms with E-state index in [1.54, 1.807) is 12.1 Å². The van der Waals surface area contributed by atoms with Gasteiger partial charge in [-0.05, 0) is 36.5 Å². The topological polar surface area (TPSA) is 81.4 Å². The molecular weight excluding hydrogens is 276 g/mol. The largest absolute Gasteiger partial charge is 0.495 e. The molecule has 1 fully saturated rings. The van der Waals surface area contributed by atoms with Crippen LogP contribution in [0.5, 0.6) is 5.75 Å². The maximum atomic E-state index is 12.6. The van der Waals surface area contributed by atoms with Crippen molar-refractivity contribution in [2.75, 3.05) is 12.8 Å². The number of nitrogens with one attached hydrogen (secondary N) is 1. The number of methoxy groups -OCH3 is 1. The van der Waals surface area contributed by atoms with Crippen LogP contribution in [-0.2, 0) is 10.0 Å². The minimum atomic E-state index is -3.63. The number of benzene rings is 1. The Bertz CT molecular complexity index is 596. The average molecular weight is 298 g/mol. The van der Waals surface area contributed by atoms with Crippen molar-refractivity contribution in [3.63, 3.8) is 0 Å². The van der Waals surface area contributed by atoms with Gasteiger partial charge in [0.2, 0.25) is 10.0 Å². The zero-order valence-corrected chi connectivity index (χ0v) is 13.0. The summed E-state index contributed by atoms with van der Waals surface area (Å²) in [6.07, 6.45) is 2.92. The Hall–Kier alpha value is -1.27. The predicted molar refractivity (Wildman–Crippen MR) is 79.1 cm³/mol. The van der Waals surface area contributed by atoms with Crippen molar-refractivity contribution in [2.24, 2.45) is 5.41 Å². The van der Waals surface area contributed by atoms with E-state index in [1.807, 2.05) is 0 Å². The van der Waals surface area contributed by atoms with E-state index in [9.17, 15) is 8.42 Å². The summed E-state index contributed by atoms with van der Waals surface area (Å²) < 4.78 is 33.1. The number of ether oxygens (including phenoxy) is 1. The molecule has 1 aromatic carbocycles. The zero-order valence-electron chi connectivity index (χ0n) is 12.1. The summed E-state index contributed by atoms with van der Waals surface area (Å²) in [4.78, 5) is 0.0997. The Labute approximate surface area is 120 Å². The van der Waals surface area contributed by atoms with Gasteiger partial charge >= 0.3 is 0 Å². The van der Waals surface area contributed by atoms with Crippen molar-refractivity contribution in [1.82, 2.24) is 4.72 Å². The van der Waals surface area contributed by atoms with Crippen molar-refractivity contribution in [3.05, 3.63) is 18.2 Å². The van der Waals surface area contributed by atoms with Gasteiger partial charge < -0.3 is 10.5 Å². The van der Waals surface area contributed by atoms with Crippen LogP contribution in [0.3, 0.4) is 0 Å². The van der Waals surface area contributed by atoms with Gasteiger partial charge in [0.05, 0.1) is 7.11 Å². The molecule has 0 radical (unpaired) electrons. The first kappa shape index (κ1) is 15.1. The third-order valence-electron chi connectivity index (χ3n) is 4.03. The molecule has 1 aliphatic rings. The summed E-state index contributed by atoms with van der Waals surface area (Å²) in [6.45, 7) is 4.17. The molecule has 1 aromatic rings. The van der Waals surface area contributed by atoms with Crippen LogP contribution in [0.2, 0.25) is 0 Å². The quantitative estimate of drug-likeness (QED) is 0.834. The van der Waals surface area contributed by atoms with Crippen LogP contribution in [0.15, 0.2) is 23.1 Å². The van der Waals surface area contributed by atoms with Crippen molar-refractivity contribution >= 4 is 15.7 Å². The molecule has 0 aliphatic heterocycles. The summed E-state index contributed by atoms with van der Waals surface area (Å²) in [7, 11) is -2.19. The lowest BCUT2D eigenvalue weighted by molar-refractivity contribution is 0.312. The third kappa shape index (κ3) is 2.91. The molecule has 0 amide bonds. The Morgan fingerprint density at radius 2 is 2.10 bits per heavy atom. The number of hydrogen-bond acceptors (Lipinski definition) is 4. The molecule has 0 heterocycles. The number of anilines is 1. The lowest BCUT2D eigenvalue weighted by Gasteiger charge is -2.27. The van der Waals surface area contributed by atoms with Gasteiger partial charge in [-0.3, -0.25) is 0 Å². The highest BCUT2D eigenvalue weighted by Gasteiger charge is 2.37. The maximum absolute atomic E-state index is 12.6. The molecule has 1 unspecified atom stereocenters. The highest BCUT2D eigenvalue weighted by Crippen LogP contribution is 2.38. The molecule has 5 nitrogen and oxygen atoms in total. The number of hydrogen-bond donors (Lipinski definition) is 2. The van der Waals surface area contributed by atoms with Crippen LogP contribution in [0.25, 0.3) is 0 Å². The second-order valence-corrected chi connectivity index (χ2v) is 7.65. The smallest absolute Gasteiger partial charge is 0.244 e. The molecule has 112 valence electrons. The first-order valence-corrected chi connectivity index (χ1v) is 8.20. The summed E-state index contributed by atoms with van der Waals surface area (Å²) in [6, 6.07) is 4.57. The van der Waals surface area contributed by atoms with Gasteiger partial charge in [0.1, 0.15) is 10.6 Å². The molecule has 1 atom stereocenters. The molecule has 3 N–H and O–H groups in total. The van der Waals surface area contributed by atoms with Gasteiger partial charge in [-0.25, -0.2) is 13.1 Å². The summed E-state index contributed by atoms with van der Waals surface area (Å²) in [5.41, 5.74) is 6.07. The van der Waals surface area contributed by atoms with Crippen molar-refractivity contribution in [3.8, 4) is 5.75 Å². The average Bonchev–Trinajstić information content (AvgIpc) is 2.68. The van der Waals surface area contributed by atoms with Crippen LogP contribution in [0, 0.1) is 5.41 Å². The molecule has 0 spiro atoms. The SMILES string of the molecule is COc1ccc(N)cc1S(=O)(=O)NC1CCCC1(C)C. The molecule has 2 rings (SSSR count). The molecule has 20 heavy (non-hydrogen) atoms. The highest BCUT2D eigenvalue weighted by atomic mass is 32.2. The monoisotopic (exact) mass is 298 g/mol. The lowest BCUT2D eigenvalue weighted by Crippen LogP contribution is -2.41. The van der Waals surface area contributed by atoms with Crippen molar-refractivity contribution in [1.29, 1.82) is 0 Å². The maximum Gasteiger partial charge on any atom is 0.244 e. The normalized spacial score (nSPS) is 21.9. The molecule has 6 heteroatoms. The minimum Gasteiger partial charge on any atom is -0.495 e. The zero-order chi connectivity index (χ0) is 15.0. The minimum absolute atomic E-state index is 0.0272. The fourth-order valence-corrected chi connectivity index (χ4v) is 4.35. The van der Waals surface area contributed by atoms with E-state index < -0.39 is 10.0 Å².